The highest BCUT2D eigenvalue weighted by atomic mass is 32.2. The van der Waals surface area contributed by atoms with Crippen LogP contribution in [0.25, 0.3) is 0 Å². The van der Waals surface area contributed by atoms with Crippen LogP contribution in [0.5, 0.6) is 0 Å². The third-order valence-corrected chi connectivity index (χ3v) is 6.29. The second kappa shape index (κ2) is 4.97. The molecule has 0 saturated carbocycles. The number of methoxy groups -OCH3 is 1. The van der Waals surface area contributed by atoms with Crippen molar-refractivity contribution in [3.8, 4) is 0 Å². The average Bonchev–Trinajstić information content (AvgIpc) is 2.58. The predicted octanol–water partition coefficient (Wildman–Crippen LogP) is 1.43. The first kappa shape index (κ1) is 11.6. The number of rotatable bonds is 3. The number of thioether (sulfide) groups is 2. The number of carbonyl (C=O) groups excluding carboxylic acids is 1. The molecule has 2 aliphatic rings. The largest absolute Gasteiger partial charge is 0.383 e. The van der Waals surface area contributed by atoms with Gasteiger partial charge >= 0.3 is 0 Å². The molecule has 2 heterocycles. The minimum absolute atomic E-state index is 0.266. The summed E-state index contributed by atoms with van der Waals surface area (Å²) in [5.74, 6) is 2.47. The molecule has 1 atom stereocenters. The fourth-order valence-corrected chi connectivity index (χ4v) is 5.68. The number of hydrogen-bond donors (Lipinski definition) is 0. The summed E-state index contributed by atoms with van der Waals surface area (Å²) in [6.07, 6.45) is 3.36. The molecule has 0 aromatic heterocycles. The molecular weight excluding hydrogens is 230 g/mol. The van der Waals surface area contributed by atoms with E-state index in [0.717, 1.165) is 19.4 Å². The molecule has 1 spiro atoms. The quantitative estimate of drug-likeness (QED) is 0.706. The highest BCUT2D eigenvalue weighted by Crippen LogP contribution is 2.49. The topological polar surface area (TPSA) is 29.5 Å². The number of likely N-dealkylation sites (tertiary alicyclic amines) is 1. The first-order valence-corrected chi connectivity index (χ1v) is 7.25. The first-order chi connectivity index (χ1) is 7.29. The van der Waals surface area contributed by atoms with Crippen LogP contribution < -0.4 is 0 Å². The molecule has 2 saturated heterocycles. The summed E-state index contributed by atoms with van der Waals surface area (Å²) in [6, 6.07) is 0.283. The zero-order chi connectivity index (χ0) is 10.7. The SMILES string of the molecule is COC[C@@H]1CC2(CN1C=O)SCCCS2. The summed E-state index contributed by atoms with van der Waals surface area (Å²) < 4.78 is 5.44. The summed E-state index contributed by atoms with van der Waals surface area (Å²) >= 11 is 4.06. The molecule has 2 fully saturated rings. The summed E-state index contributed by atoms with van der Waals surface area (Å²) in [5.41, 5.74) is 0. The van der Waals surface area contributed by atoms with E-state index in [4.69, 9.17) is 4.74 Å². The molecule has 0 bridgehead atoms. The molecular formula is C10H17NO2S2. The van der Waals surface area contributed by atoms with Gasteiger partial charge in [-0.3, -0.25) is 4.79 Å². The van der Waals surface area contributed by atoms with Gasteiger partial charge in [-0.05, 0) is 24.3 Å². The fraction of sp³-hybridized carbons (Fsp3) is 0.900. The minimum atomic E-state index is 0.266. The third-order valence-electron chi connectivity index (χ3n) is 2.95. The van der Waals surface area contributed by atoms with Gasteiger partial charge in [0.25, 0.3) is 0 Å². The molecule has 0 aromatic carbocycles. The average molecular weight is 247 g/mol. The van der Waals surface area contributed by atoms with Gasteiger partial charge in [0.1, 0.15) is 0 Å². The Kier molecular flexibility index (Phi) is 3.85. The van der Waals surface area contributed by atoms with Gasteiger partial charge in [-0.1, -0.05) is 0 Å². The van der Waals surface area contributed by atoms with Crippen molar-refractivity contribution in [3.05, 3.63) is 0 Å². The molecule has 0 aliphatic carbocycles. The van der Waals surface area contributed by atoms with Crippen LogP contribution in [0.2, 0.25) is 0 Å². The highest BCUT2D eigenvalue weighted by Gasteiger charge is 2.45. The predicted molar refractivity (Wildman–Crippen MR) is 65.3 cm³/mol. The maximum Gasteiger partial charge on any atom is 0.210 e. The van der Waals surface area contributed by atoms with Crippen molar-refractivity contribution >= 4 is 29.9 Å². The second-order valence-corrected chi connectivity index (χ2v) is 7.27. The van der Waals surface area contributed by atoms with Gasteiger partial charge in [0.2, 0.25) is 6.41 Å². The lowest BCUT2D eigenvalue weighted by Gasteiger charge is -2.31. The van der Waals surface area contributed by atoms with Crippen LogP contribution in [-0.2, 0) is 9.53 Å². The Morgan fingerprint density at radius 1 is 1.53 bits per heavy atom. The number of amides is 1. The van der Waals surface area contributed by atoms with Gasteiger partial charge in [-0.2, -0.15) is 0 Å². The number of nitrogens with zero attached hydrogens (tertiary/aromatic N) is 1. The lowest BCUT2D eigenvalue weighted by atomic mass is 10.2. The van der Waals surface area contributed by atoms with Gasteiger partial charge in [0.05, 0.1) is 16.7 Å². The number of hydrogen-bond acceptors (Lipinski definition) is 4. The zero-order valence-corrected chi connectivity index (χ0v) is 10.6. The van der Waals surface area contributed by atoms with Gasteiger partial charge in [-0.25, -0.2) is 0 Å². The first-order valence-electron chi connectivity index (χ1n) is 5.27. The standard InChI is InChI=1S/C10H17NO2S2/c1-13-6-9-5-10(7-11(9)8-12)14-3-2-4-15-10/h8-9H,2-7H2,1H3/t9-/m0/s1. The van der Waals surface area contributed by atoms with Crippen LogP contribution in [0.1, 0.15) is 12.8 Å². The van der Waals surface area contributed by atoms with Crippen molar-refractivity contribution in [2.24, 2.45) is 0 Å². The van der Waals surface area contributed by atoms with Crippen molar-refractivity contribution in [3.63, 3.8) is 0 Å². The second-order valence-electron chi connectivity index (χ2n) is 4.05. The van der Waals surface area contributed by atoms with Crippen molar-refractivity contribution < 1.29 is 9.53 Å². The minimum Gasteiger partial charge on any atom is -0.383 e. The summed E-state index contributed by atoms with van der Waals surface area (Å²) in [5, 5.41) is 0. The Bertz CT molecular complexity index is 231. The Hall–Kier alpha value is 0.130. The van der Waals surface area contributed by atoms with Crippen molar-refractivity contribution in [1.29, 1.82) is 0 Å². The van der Waals surface area contributed by atoms with Crippen molar-refractivity contribution in [2.45, 2.75) is 23.0 Å². The van der Waals surface area contributed by atoms with E-state index < -0.39 is 0 Å². The van der Waals surface area contributed by atoms with E-state index in [1.807, 2.05) is 28.4 Å². The van der Waals surface area contributed by atoms with E-state index in [0.29, 0.717) is 6.61 Å². The molecule has 0 aromatic rings. The van der Waals surface area contributed by atoms with Gasteiger partial charge in [0, 0.05) is 13.7 Å². The van der Waals surface area contributed by atoms with Crippen LogP contribution in [0, 0.1) is 0 Å². The zero-order valence-electron chi connectivity index (χ0n) is 8.98. The molecule has 2 rings (SSSR count). The summed E-state index contributed by atoms with van der Waals surface area (Å²) in [4.78, 5) is 12.9. The monoisotopic (exact) mass is 247 g/mol. The van der Waals surface area contributed by atoms with Gasteiger partial charge in [-0.15, -0.1) is 23.5 Å². The molecule has 5 heteroatoms. The van der Waals surface area contributed by atoms with Gasteiger partial charge in [0.15, 0.2) is 0 Å². The van der Waals surface area contributed by atoms with E-state index in [2.05, 4.69) is 0 Å². The van der Waals surface area contributed by atoms with Crippen molar-refractivity contribution in [1.82, 2.24) is 4.90 Å². The Balaban J connectivity index is 2.01. The lowest BCUT2D eigenvalue weighted by molar-refractivity contribution is -0.119. The van der Waals surface area contributed by atoms with Crippen LogP contribution >= 0.6 is 23.5 Å². The fourth-order valence-electron chi connectivity index (χ4n) is 2.24. The third kappa shape index (κ3) is 2.45. The van der Waals surface area contributed by atoms with E-state index in [-0.39, 0.29) is 10.1 Å². The molecule has 2 aliphatic heterocycles. The van der Waals surface area contributed by atoms with Gasteiger partial charge < -0.3 is 9.64 Å². The maximum absolute atomic E-state index is 11.0. The molecule has 0 radical (unpaired) electrons. The van der Waals surface area contributed by atoms with E-state index >= 15 is 0 Å². The molecule has 0 unspecified atom stereocenters. The van der Waals surface area contributed by atoms with E-state index in [1.54, 1.807) is 7.11 Å². The Morgan fingerprint density at radius 2 is 2.27 bits per heavy atom. The molecule has 3 nitrogen and oxygen atoms in total. The maximum atomic E-state index is 11.0. The smallest absolute Gasteiger partial charge is 0.210 e. The van der Waals surface area contributed by atoms with Crippen LogP contribution in [0.15, 0.2) is 0 Å². The van der Waals surface area contributed by atoms with E-state index in [9.17, 15) is 4.79 Å². The summed E-state index contributed by atoms with van der Waals surface area (Å²) in [6.45, 7) is 1.56. The Morgan fingerprint density at radius 3 is 2.87 bits per heavy atom. The Labute approximate surface area is 99.3 Å². The number of ether oxygens (including phenoxy) is 1. The normalized spacial score (nSPS) is 29.7. The van der Waals surface area contributed by atoms with Crippen LogP contribution in [0.4, 0.5) is 0 Å². The summed E-state index contributed by atoms with van der Waals surface area (Å²) in [7, 11) is 1.70. The molecule has 0 N–H and O–H groups in total. The van der Waals surface area contributed by atoms with Crippen molar-refractivity contribution in [2.75, 3.05) is 31.8 Å². The van der Waals surface area contributed by atoms with Crippen LogP contribution in [0.3, 0.4) is 0 Å². The van der Waals surface area contributed by atoms with E-state index in [1.165, 1.54) is 17.9 Å². The lowest BCUT2D eigenvalue weighted by Crippen LogP contribution is -2.32. The molecule has 1 amide bonds. The molecule has 86 valence electrons. The molecule has 15 heavy (non-hydrogen) atoms. The highest BCUT2D eigenvalue weighted by molar-refractivity contribution is 8.18. The number of carbonyl (C=O) groups is 1. The van der Waals surface area contributed by atoms with Crippen LogP contribution in [-0.4, -0.2) is 53.2 Å².